The quantitative estimate of drug-likeness (QED) is 0.904. The van der Waals surface area contributed by atoms with Crippen LogP contribution in [0.4, 0.5) is 0 Å². The number of ether oxygens (including phenoxy) is 1. The fourth-order valence-corrected chi connectivity index (χ4v) is 1.96. The molecule has 0 aliphatic carbocycles. The van der Waals surface area contributed by atoms with Crippen LogP contribution in [0.1, 0.15) is 24.1 Å². The molecular formula is C17H19NO2. The van der Waals surface area contributed by atoms with Crippen LogP contribution in [-0.2, 0) is 4.79 Å². The van der Waals surface area contributed by atoms with Crippen molar-refractivity contribution in [2.45, 2.75) is 19.9 Å². The summed E-state index contributed by atoms with van der Waals surface area (Å²) in [7, 11) is 0. The van der Waals surface area contributed by atoms with Crippen LogP contribution < -0.4 is 10.1 Å². The fourth-order valence-electron chi connectivity index (χ4n) is 1.96. The highest BCUT2D eigenvalue weighted by Gasteiger charge is 2.09. The van der Waals surface area contributed by atoms with E-state index in [1.807, 2.05) is 68.4 Å². The Morgan fingerprint density at radius 2 is 1.90 bits per heavy atom. The molecule has 2 aromatic rings. The summed E-state index contributed by atoms with van der Waals surface area (Å²) >= 11 is 0. The third-order valence-electron chi connectivity index (χ3n) is 3.04. The smallest absolute Gasteiger partial charge is 0.258 e. The molecule has 1 amide bonds. The number of hydrogen-bond acceptors (Lipinski definition) is 2. The maximum absolute atomic E-state index is 11.8. The molecule has 3 heteroatoms. The minimum Gasteiger partial charge on any atom is -0.484 e. The van der Waals surface area contributed by atoms with E-state index in [2.05, 4.69) is 5.32 Å². The van der Waals surface area contributed by atoms with Crippen LogP contribution >= 0.6 is 0 Å². The molecular weight excluding hydrogens is 250 g/mol. The average Bonchev–Trinajstić information content (AvgIpc) is 2.46. The molecule has 0 unspecified atom stereocenters. The second-order valence-electron chi connectivity index (χ2n) is 4.81. The third kappa shape index (κ3) is 4.12. The van der Waals surface area contributed by atoms with Crippen LogP contribution in [0.5, 0.6) is 5.75 Å². The Labute approximate surface area is 119 Å². The molecule has 0 saturated carbocycles. The normalized spacial score (nSPS) is 11.7. The van der Waals surface area contributed by atoms with E-state index in [4.69, 9.17) is 4.74 Å². The van der Waals surface area contributed by atoms with Crippen molar-refractivity contribution in [3.05, 3.63) is 65.7 Å². The van der Waals surface area contributed by atoms with Crippen LogP contribution in [0, 0.1) is 6.92 Å². The minimum atomic E-state index is -0.122. The van der Waals surface area contributed by atoms with Crippen LogP contribution in [-0.4, -0.2) is 12.5 Å². The van der Waals surface area contributed by atoms with Crippen molar-refractivity contribution in [1.82, 2.24) is 5.32 Å². The van der Waals surface area contributed by atoms with Crippen molar-refractivity contribution in [2.24, 2.45) is 0 Å². The summed E-state index contributed by atoms with van der Waals surface area (Å²) in [5, 5.41) is 2.92. The Bertz CT molecular complexity index is 566. The number of carbonyl (C=O) groups excluding carboxylic acids is 1. The number of nitrogens with one attached hydrogen (secondary N) is 1. The van der Waals surface area contributed by atoms with Crippen LogP contribution in [0.15, 0.2) is 54.6 Å². The summed E-state index contributed by atoms with van der Waals surface area (Å²) in [6, 6.07) is 17.5. The Hall–Kier alpha value is -2.29. The number of rotatable bonds is 5. The highest BCUT2D eigenvalue weighted by atomic mass is 16.5. The van der Waals surface area contributed by atoms with Gasteiger partial charge in [0.1, 0.15) is 5.75 Å². The summed E-state index contributed by atoms with van der Waals surface area (Å²) in [6.07, 6.45) is 0. The molecule has 0 saturated heterocycles. The Morgan fingerprint density at radius 1 is 1.15 bits per heavy atom. The van der Waals surface area contributed by atoms with Crippen molar-refractivity contribution in [1.29, 1.82) is 0 Å². The zero-order chi connectivity index (χ0) is 14.4. The number of amides is 1. The molecule has 0 aliphatic rings. The first kappa shape index (κ1) is 14.1. The van der Waals surface area contributed by atoms with Gasteiger partial charge in [0, 0.05) is 0 Å². The molecule has 0 bridgehead atoms. The first-order chi connectivity index (χ1) is 9.65. The van der Waals surface area contributed by atoms with Gasteiger partial charge in [-0.2, -0.15) is 0 Å². The predicted molar refractivity (Wildman–Crippen MR) is 79.7 cm³/mol. The van der Waals surface area contributed by atoms with E-state index in [0.717, 1.165) is 11.1 Å². The highest BCUT2D eigenvalue weighted by Crippen LogP contribution is 2.13. The Morgan fingerprint density at radius 3 is 2.60 bits per heavy atom. The Kier molecular flexibility index (Phi) is 4.77. The lowest BCUT2D eigenvalue weighted by molar-refractivity contribution is -0.123. The van der Waals surface area contributed by atoms with E-state index in [9.17, 15) is 4.79 Å². The molecule has 20 heavy (non-hydrogen) atoms. The zero-order valence-corrected chi connectivity index (χ0v) is 11.8. The molecule has 0 aromatic heterocycles. The predicted octanol–water partition coefficient (Wildman–Crippen LogP) is 3.25. The third-order valence-corrected chi connectivity index (χ3v) is 3.04. The van der Waals surface area contributed by atoms with Gasteiger partial charge in [0.15, 0.2) is 6.61 Å². The van der Waals surface area contributed by atoms with Crippen molar-refractivity contribution in [3.63, 3.8) is 0 Å². The number of aryl methyl sites for hydroxylation is 1. The molecule has 0 radical (unpaired) electrons. The van der Waals surface area contributed by atoms with E-state index < -0.39 is 0 Å². The lowest BCUT2D eigenvalue weighted by Gasteiger charge is -2.14. The topological polar surface area (TPSA) is 38.3 Å². The lowest BCUT2D eigenvalue weighted by Crippen LogP contribution is -2.31. The summed E-state index contributed by atoms with van der Waals surface area (Å²) in [6.45, 7) is 3.98. The van der Waals surface area contributed by atoms with Crippen LogP contribution in [0.25, 0.3) is 0 Å². The Balaban J connectivity index is 1.84. The van der Waals surface area contributed by atoms with Gasteiger partial charge in [-0.15, -0.1) is 0 Å². The molecule has 2 rings (SSSR count). The van der Waals surface area contributed by atoms with Gasteiger partial charge in [-0.1, -0.05) is 42.5 Å². The SMILES string of the molecule is Cc1cccc(OCC(=O)N[C@H](C)c2ccccc2)c1. The van der Waals surface area contributed by atoms with Gasteiger partial charge in [0.25, 0.3) is 5.91 Å². The van der Waals surface area contributed by atoms with Gasteiger partial charge < -0.3 is 10.1 Å². The van der Waals surface area contributed by atoms with E-state index in [1.54, 1.807) is 0 Å². The molecule has 0 fully saturated rings. The summed E-state index contributed by atoms with van der Waals surface area (Å²) in [4.78, 5) is 11.8. The fraction of sp³-hybridized carbons (Fsp3) is 0.235. The van der Waals surface area contributed by atoms with Gasteiger partial charge in [0.05, 0.1) is 6.04 Å². The van der Waals surface area contributed by atoms with E-state index >= 15 is 0 Å². The first-order valence-corrected chi connectivity index (χ1v) is 6.69. The molecule has 0 aliphatic heterocycles. The van der Waals surface area contributed by atoms with E-state index in [0.29, 0.717) is 5.75 Å². The van der Waals surface area contributed by atoms with Gasteiger partial charge >= 0.3 is 0 Å². The summed E-state index contributed by atoms with van der Waals surface area (Å²) in [5.41, 5.74) is 2.19. The molecule has 0 heterocycles. The molecule has 3 nitrogen and oxygen atoms in total. The lowest BCUT2D eigenvalue weighted by atomic mass is 10.1. The maximum Gasteiger partial charge on any atom is 0.258 e. The molecule has 0 spiro atoms. The van der Waals surface area contributed by atoms with Crippen molar-refractivity contribution >= 4 is 5.91 Å². The number of benzene rings is 2. The number of carbonyl (C=O) groups is 1. The highest BCUT2D eigenvalue weighted by molar-refractivity contribution is 5.78. The van der Waals surface area contributed by atoms with Gasteiger partial charge in [0.2, 0.25) is 0 Å². The molecule has 104 valence electrons. The number of hydrogen-bond donors (Lipinski definition) is 1. The van der Waals surface area contributed by atoms with E-state index in [-0.39, 0.29) is 18.6 Å². The van der Waals surface area contributed by atoms with Crippen molar-refractivity contribution in [3.8, 4) is 5.75 Å². The summed E-state index contributed by atoms with van der Waals surface area (Å²) < 4.78 is 5.47. The molecule has 1 N–H and O–H groups in total. The van der Waals surface area contributed by atoms with Gasteiger partial charge in [-0.25, -0.2) is 0 Å². The molecule has 2 aromatic carbocycles. The second kappa shape index (κ2) is 6.75. The first-order valence-electron chi connectivity index (χ1n) is 6.69. The van der Waals surface area contributed by atoms with Gasteiger partial charge in [-0.3, -0.25) is 4.79 Å². The largest absolute Gasteiger partial charge is 0.484 e. The molecule has 1 atom stereocenters. The monoisotopic (exact) mass is 269 g/mol. The van der Waals surface area contributed by atoms with Crippen molar-refractivity contribution < 1.29 is 9.53 Å². The van der Waals surface area contributed by atoms with Crippen LogP contribution in [0.2, 0.25) is 0 Å². The minimum absolute atomic E-state index is 0.0233. The maximum atomic E-state index is 11.8. The average molecular weight is 269 g/mol. The zero-order valence-electron chi connectivity index (χ0n) is 11.8. The van der Waals surface area contributed by atoms with E-state index in [1.165, 1.54) is 0 Å². The van der Waals surface area contributed by atoms with Gasteiger partial charge in [-0.05, 0) is 37.1 Å². The van der Waals surface area contributed by atoms with Crippen molar-refractivity contribution in [2.75, 3.05) is 6.61 Å². The second-order valence-corrected chi connectivity index (χ2v) is 4.81. The standard InChI is InChI=1S/C17H19NO2/c1-13-7-6-10-16(11-13)20-12-17(19)18-14(2)15-8-4-3-5-9-15/h3-11,14H,12H2,1-2H3,(H,18,19)/t14-/m1/s1. The summed E-state index contributed by atoms with van der Waals surface area (Å²) in [5.74, 6) is 0.593. The van der Waals surface area contributed by atoms with Crippen LogP contribution in [0.3, 0.4) is 0 Å².